The number of carbonyl (C=O) groups is 1. The topological polar surface area (TPSA) is 39.1 Å². The van der Waals surface area contributed by atoms with Crippen LogP contribution in [0.1, 0.15) is 55.7 Å². The average molecular weight is 207 g/mol. The number of hydrogen-bond donors (Lipinski definition) is 0. The Morgan fingerprint density at radius 2 is 1.80 bits per heavy atom. The van der Waals surface area contributed by atoms with Gasteiger partial charge in [-0.15, -0.1) is 0 Å². The highest BCUT2D eigenvalue weighted by Crippen LogP contribution is 2.16. The van der Waals surface area contributed by atoms with Crippen LogP contribution in [0.25, 0.3) is 0 Å². The summed E-state index contributed by atoms with van der Waals surface area (Å²) in [7, 11) is 0. The van der Waals surface area contributed by atoms with E-state index in [1.165, 1.54) is 0 Å². The molecule has 0 unspecified atom stereocenters. The Kier molecular flexibility index (Phi) is 3.45. The molecule has 1 aromatic heterocycles. The smallest absolute Gasteiger partial charge is 0.261 e. The second-order valence-electron chi connectivity index (χ2n) is 4.25. The molecule has 0 bridgehead atoms. The molecule has 1 heterocycles. The molecule has 0 aromatic carbocycles. The van der Waals surface area contributed by atoms with Gasteiger partial charge in [0.2, 0.25) is 0 Å². The summed E-state index contributed by atoms with van der Waals surface area (Å²) in [6, 6.07) is 3.54. The number of hydrogen-bond acceptors (Lipinski definition) is 2. The van der Waals surface area contributed by atoms with Crippen molar-refractivity contribution in [3.05, 3.63) is 33.7 Å². The van der Waals surface area contributed by atoms with Crippen molar-refractivity contribution in [1.82, 2.24) is 4.57 Å². The first-order chi connectivity index (χ1) is 6.99. The number of aromatic nitrogens is 1. The van der Waals surface area contributed by atoms with Crippen LogP contribution < -0.4 is 5.56 Å². The molecular formula is C12H17NO2. The fourth-order valence-electron chi connectivity index (χ4n) is 1.68. The van der Waals surface area contributed by atoms with Gasteiger partial charge in [-0.25, -0.2) is 0 Å². The van der Waals surface area contributed by atoms with E-state index in [1.54, 1.807) is 10.6 Å². The normalized spacial score (nSPS) is 11.1. The number of rotatable bonds is 3. The zero-order valence-electron chi connectivity index (χ0n) is 9.65. The van der Waals surface area contributed by atoms with Crippen molar-refractivity contribution in [3.8, 4) is 0 Å². The molecule has 0 aliphatic carbocycles. The van der Waals surface area contributed by atoms with Crippen molar-refractivity contribution in [2.75, 3.05) is 0 Å². The summed E-state index contributed by atoms with van der Waals surface area (Å²) in [4.78, 5) is 22.6. The summed E-state index contributed by atoms with van der Waals surface area (Å²) in [6.45, 7) is 7.96. The Bertz CT molecular complexity index is 416. The predicted octanol–water partition coefficient (Wildman–Crippen LogP) is 2.37. The first kappa shape index (κ1) is 11.7. The number of nitrogens with zero attached hydrogens (tertiary/aromatic N) is 1. The van der Waals surface area contributed by atoms with Gasteiger partial charge in [-0.05, 0) is 31.9 Å². The van der Waals surface area contributed by atoms with Crippen molar-refractivity contribution in [2.24, 2.45) is 0 Å². The first-order valence-corrected chi connectivity index (χ1v) is 5.19. The lowest BCUT2D eigenvalue weighted by Gasteiger charge is -2.19. The minimum absolute atomic E-state index is 0.0785. The van der Waals surface area contributed by atoms with Crippen molar-refractivity contribution in [2.45, 2.75) is 39.7 Å². The molecule has 1 rings (SSSR count). The fourth-order valence-corrected chi connectivity index (χ4v) is 1.68. The van der Waals surface area contributed by atoms with Crippen LogP contribution in [0.2, 0.25) is 0 Å². The quantitative estimate of drug-likeness (QED) is 0.714. The molecule has 15 heavy (non-hydrogen) atoms. The van der Waals surface area contributed by atoms with Gasteiger partial charge in [-0.1, -0.05) is 13.8 Å². The summed E-state index contributed by atoms with van der Waals surface area (Å²) in [6.07, 6.45) is 0.616. The van der Waals surface area contributed by atoms with Crippen molar-refractivity contribution in [3.63, 3.8) is 0 Å². The molecule has 0 fully saturated rings. The maximum absolute atomic E-state index is 11.9. The van der Waals surface area contributed by atoms with E-state index in [-0.39, 0.29) is 23.1 Å². The predicted molar refractivity (Wildman–Crippen MR) is 60.6 cm³/mol. The van der Waals surface area contributed by atoms with Crippen LogP contribution in [0.15, 0.2) is 16.9 Å². The van der Waals surface area contributed by atoms with Gasteiger partial charge >= 0.3 is 0 Å². The molecule has 0 saturated carbocycles. The largest absolute Gasteiger partial charge is 0.309 e. The second-order valence-corrected chi connectivity index (χ2v) is 4.25. The van der Waals surface area contributed by atoms with E-state index in [0.29, 0.717) is 6.29 Å². The molecule has 0 N–H and O–H groups in total. The Morgan fingerprint density at radius 3 is 2.20 bits per heavy atom. The van der Waals surface area contributed by atoms with E-state index < -0.39 is 0 Å². The molecule has 0 spiro atoms. The molecule has 3 nitrogen and oxygen atoms in total. The third-order valence-electron chi connectivity index (χ3n) is 2.41. The zero-order valence-corrected chi connectivity index (χ0v) is 9.65. The van der Waals surface area contributed by atoms with E-state index in [9.17, 15) is 9.59 Å². The van der Waals surface area contributed by atoms with Gasteiger partial charge in [0.25, 0.3) is 5.56 Å². The van der Waals surface area contributed by atoms with E-state index in [2.05, 4.69) is 0 Å². The van der Waals surface area contributed by atoms with Gasteiger partial charge in [-0.2, -0.15) is 0 Å². The van der Waals surface area contributed by atoms with Crippen molar-refractivity contribution < 1.29 is 4.79 Å². The molecule has 82 valence electrons. The van der Waals surface area contributed by atoms with Gasteiger partial charge in [-0.3, -0.25) is 9.59 Å². The summed E-state index contributed by atoms with van der Waals surface area (Å²) in [5.74, 6) is 0.279. The molecule has 0 atom stereocenters. The molecule has 0 aliphatic heterocycles. The minimum atomic E-state index is -0.189. The van der Waals surface area contributed by atoms with Crippen LogP contribution >= 0.6 is 0 Å². The third kappa shape index (κ3) is 2.17. The van der Waals surface area contributed by atoms with Crippen LogP contribution in [0, 0.1) is 0 Å². The highest BCUT2D eigenvalue weighted by Gasteiger charge is 2.12. The molecule has 0 saturated heterocycles. The van der Waals surface area contributed by atoms with E-state index in [1.807, 2.05) is 33.8 Å². The SMILES string of the molecule is CC(C)c1ccc(C=O)c(=O)n1C(C)C. The van der Waals surface area contributed by atoms with Gasteiger partial charge in [0, 0.05) is 11.7 Å². The summed E-state index contributed by atoms with van der Waals surface area (Å²) < 4.78 is 1.69. The standard InChI is InChI=1S/C12H17NO2/c1-8(2)11-6-5-10(7-14)12(15)13(11)9(3)4/h5-9H,1-4H3. The van der Waals surface area contributed by atoms with Gasteiger partial charge in [0.05, 0.1) is 5.56 Å². The third-order valence-corrected chi connectivity index (χ3v) is 2.41. The molecule has 0 amide bonds. The van der Waals surface area contributed by atoms with E-state index in [4.69, 9.17) is 0 Å². The maximum Gasteiger partial charge on any atom is 0.261 e. The van der Waals surface area contributed by atoms with Gasteiger partial charge in [0.15, 0.2) is 6.29 Å². The molecular weight excluding hydrogens is 190 g/mol. The Labute approximate surface area is 89.7 Å². The van der Waals surface area contributed by atoms with Crippen LogP contribution in [0.3, 0.4) is 0 Å². The first-order valence-electron chi connectivity index (χ1n) is 5.19. The fraction of sp³-hybridized carbons (Fsp3) is 0.500. The monoisotopic (exact) mass is 207 g/mol. The second kappa shape index (κ2) is 4.43. The zero-order chi connectivity index (χ0) is 11.6. The van der Waals surface area contributed by atoms with E-state index in [0.717, 1.165) is 5.69 Å². The van der Waals surface area contributed by atoms with Crippen LogP contribution in [-0.2, 0) is 0 Å². The van der Waals surface area contributed by atoms with Crippen LogP contribution in [-0.4, -0.2) is 10.9 Å². The molecule has 3 heteroatoms. The summed E-state index contributed by atoms with van der Waals surface area (Å²) in [5.41, 5.74) is 1.01. The van der Waals surface area contributed by atoms with Crippen molar-refractivity contribution >= 4 is 6.29 Å². The molecule has 1 aromatic rings. The molecule has 0 aliphatic rings. The highest BCUT2D eigenvalue weighted by molar-refractivity contribution is 5.73. The Hall–Kier alpha value is -1.38. The van der Waals surface area contributed by atoms with Crippen molar-refractivity contribution in [1.29, 1.82) is 0 Å². The lowest BCUT2D eigenvalue weighted by Crippen LogP contribution is -2.28. The average Bonchev–Trinajstić information content (AvgIpc) is 2.16. The number of pyridine rings is 1. The number of carbonyl (C=O) groups excluding carboxylic acids is 1. The lowest BCUT2D eigenvalue weighted by atomic mass is 10.1. The minimum Gasteiger partial charge on any atom is -0.309 e. The number of aldehydes is 1. The van der Waals surface area contributed by atoms with Gasteiger partial charge in [0.1, 0.15) is 0 Å². The Balaban J connectivity index is 3.51. The molecule has 0 radical (unpaired) electrons. The highest BCUT2D eigenvalue weighted by atomic mass is 16.1. The summed E-state index contributed by atoms with van der Waals surface area (Å²) >= 11 is 0. The lowest BCUT2D eigenvalue weighted by molar-refractivity contribution is 0.112. The van der Waals surface area contributed by atoms with E-state index >= 15 is 0 Å². The maximum atomic E-state index is 11.9. The van der Waals surface area contributed by atoms with Crippen LogP contribution in [0.5, 0.6) is 0 Å². The Morgan fingerprint density at radius 1 is 1.20 bits per heavy atom. The summed E-state index contributed by atoms with van der Waals surface area (Å²) in [5, 5.41) is 0. The van der Waals surface area contributed by atoms with Gasteiger partial charge < -0.3 is 4.57 Å². The van der Waals surface area contributed by atoms with Crippen LogP contribution in [0.4, 0.5) is 0 Å².